The Bertz CT molecular complexity index is 910. The molecule has 0 aromatic heterocycles. The summed E-state index contributed by atoms with van der Waals surface area (Å²) < 4.78 is 0. The smallest absolute Gasteiger partial charge is 0.326 e. The zero-order valence-corrected chi connectivity index (χ0v) is 15.8. The molecule has 7 heteroatoms. The van der Waals surface area contributed by atoms with Gasteiger partial charge >= 0.3 is 12.0 Å². The average molecular weight is 381 g/mol. The minimum Gasteiger partial charge on any atom is -0.480 e. The number of fused-ring (bicyclic) bond motifs is 1. The normalized spacial score (nSPS) is 15.7. The Morgan fingerprint density at radius 1 is 1.07 bits per heavy atom. The lowest BCUT2D eigenvalue weighted by Crippen LogP contribution is -2.48. The third-order valence-corrected chi connectivity index (χ3v) is 4.58. The highest BCUT2D eigenvalue weighted by Crippen LogP contribution is 2.25. The summed E-state index contributed by atoms with van der Waals surface area (Å²) in [6.45, 7) is 3.93. The molecule has 0 bridgehead atoms. The molecular weight excluding hydrogens is 358 g/mol. The van der Waals surface area contributed by atoms with E-state index in [1.54, 1.807) is 24.3 Å². The number of hydrogen-bond acceptors (Lipinski definition) is 3. The first-order valence-corrected chi connectivity index (χ1v) is 9.13. The zero-order valence-electron chi connectivity index (χ0n) is 15.8. The molecule has 0 fully saturated rings. The van der Waals surface area contributed by atoms with Gasteiger partial charge in [0.25, 0.3) is 5.91 Å². The van der Waals surface area contributed by atoms with Gasteiger partial charge in [-0.2, -0.15) is 0 Å². The van der Waals surface area contributed by atoms with Crippen molar-refractivity contribution in [1.29, 1.82) is 0 Å². The monoisotopic (exact) mass is 381 g/mol. The maximum absolute atomic E-state index is 13.1. The number of rotatable bonds is 4. The third-order valence-electron chi connectivity index (χ3n) is 4.58. The van der Waals surface area contributed by atoms with Gasteiger partial charge in [0.15, 0.2) is 0 Å². The van der Waals surface area contributed by atoms with Crippen molar-refractivity contribution in [2.75, 3.05) is 5.32 Å². The van der Waals surface area contributed by atoms with Crippen LogP contribution in [0.15, 0.2) is 48.5 Å². The Hall–Kier alpha value is -3.35. The Labute approximate surface area is 163 Å². The average Bonchev–Trinajstić information content (AvgIpc) is 2.65. The van der Waals surface area contributed by atoms with E-state index in [9.17, 15) is 19.5 Å². The molecule has 0 saturated carbocycles. The second-order valence-corrected chi connectivity index (χ2v) is 7.09. The molecule has 146 valence electrons. The Balaban J connectivity index is 1.83. The lowest BCUT2D eigenvalue weighted by molar-refractivity contribution is -0.142. The largest absolute Gasteiger partial charge is 0.480 e. The summed E-state index contributed by atoms with van der Waals surface area (Å²) in [4.78, 5) is 38.1. The second-order valence-electron chi connectivity index (χ2n) is 7.09. The van der Waals surface area contributed by atoms with Gasteiger partial charge in [-0.05, 0) is 43.2 Å². The highest BCUT2D eigenvalue weighted by molar-refractivity contribution is 5.99. The maximum atomic E-state index is 13.1. The molecule has 0 saturated heterocycles. The van der Waals surface area contributed by atoms with Crippen molar-refractivity contribution in [3.05, 3.63) is 65.2 Å². The summed E-state index contributed by atoms with van der Waals surface area (Å²) in [6.07, 6.45) is 0.270. The number of carboxylic acid groups (broad SMARTS) is 1. The number of anilines is 1. The van der Waals surface area contributed by atoms with E-state index in [4.69, 9.17) is 0 Å². The Kier molecular flexibility index (Phi) is 5.63. The summed E-state index contributed by atoms with van der Waals surface area (Å²) in [5, 5.41) is 15.0. The van der Waals surface area contributed by atoms with Gasteiger partial charge in [-0.25, -0.2) is 9.59 Å². The van der Waals surface area contributed by atoms with Crippen molar-refractivity contribution in [1.82, 2.24) is 10.2 Å². The van der Waals surface area contributed by atoms with Crippen molar-refractivity contribution in [3.63, 3.8) is 0 Å². The molecule has 3 amide bonds. The van der Waals surface area contributed by atoms with E-state index < -0.39 is 12.0 Å². The minimum absolute atomic E-state index is 0.0189. The first kappa shape index (κ1) is 19.4. The quantitative estimate of drug-likeness (QED) is 0.758. The number of carbonyl (C=O) groups excluding carboxylic acids is 2. The third kappa shape index (κ3) is 4.31. The summed E-state index contributed by atoms with van der Waals surface area (Å²) in [5.74, 6) is -1.41. The standard InChI is InChI=1S/C21H23N3O4/c1-13(2)22-21(28)23-17-9-5-8-15(10-17)19(25)24-12-16-7-4-3-6-14(16)11-18(24)20(26)27/h3-10,13,18H,11-12H2,1-2H3,(H,26,27)(H2,22,23,28). The summed E-state index contributed by atoms with van der Waals surface area (Å²) >= 11 is 0. The van der Waals surface area contributed by atoms with E-state index in [0.717, 1.165) is 11.1 Å². The van der Waals surface area contributed by atoms with E-state index in [0.29, 0.717) is 11.3 Å². The molecule has 2 aromatic carbocycles. The summed E-state index contributed by atoms with van der Waals surface area (Å²) in [6, 6.07) is 12.7. The number of carbonyl (C=O) groups is 3. The van der Waals surface area contributed by atoms with Crippen LogP contribution in [0.2, 0.25) is 0 Å². The van der Waals surface area contributed by atoms with Crippen LogP contribution >= 0.6 is 0 Å². The van der Waals surface area contributed by atoms with Crippen LogP contribution in [0.25, 0.3) is 0 Å². The number of benzene rings is 2. The molecule has 1 unspecified atom stereocenters. The van der Waals surface area contributed by atoms with Gasteiger partial charge in [0.2, 0.25) is 0 Å². The molecule has 0 spiro atoms. The molecule has 7 nitrogen and oxygen atoms in total. The van der Waals surface area contributed by atoms with E-state index in [-0.39, 0.29) is 30.9 Å². The molecule has 0 aliphatic carbocycles. The predicted molar refractivity (Wildman–Crippen MR) is 105 cm³/mol. The molecule has 1 aliphatic rings. The molecule has 28 heavy (non-hydrogen) atoms. The van der Waals surface area contributed by atoms with Gasteiger partial charge in [0.05, 0.1) is 0 Å². The number of hydrogen-bond donors (Lipinski definition) is 3. The molecule has 3 N–H and O–H groups in total. The van der Waals surface area contributed by atoms with E-state index in [2.05, 4.69) is 10.6 Å². The lowest BCUT2D eigenvalue weighted by atomic mass is 9.93. The van der Waals surface area contributed by atoms with E-state index in [1.807, 2.05) is 38.1 Å². The van der Waals surface area contributed by atoms with Crippen molar-refractivity contribution < 1.29 is 19.5 Å². The first-order chi connectivity index (χ1) is 13.3. The number of urea groups is 1. The van der Waals surface area contributed by atoms with Crippen molar-refractivity contribution >= 4 is 23.6 Å². The number of carboxylic acids is 1. The molecule has 0 radical (unpaired) electrons. The molecule has 1 aliphatic heterocycles. The van der Waals surface area contributed by atoms with Crippen LogP contribution < -0.4 is 10.6 Å². The topological polar surface area (TPSA) is 98.7 Å². The molecule has 2 aromatic rings. The van der Waals surface area contributed by atoms with E-state index >= 15 is 0 Å². The maximum Gasteiger partial charge on any atom is 0.326 e. The highest BCUT2D eigenvalue weighted by Gasteiger charge is 2.34. The van der Waals surface area contributed by atoms with Crippen molar-refractivity contribution in [3.8, 4) is 0 Å². The fourth-order valence-electron chi connectivity index (χ4n) is 3.28. The summed E-state index contributed by atoms with van der Waals surface area (Å²) in [5.41, 5.74) is 2.68. The number of aliphatic carboxylic acids is 1. The molecule has 1 atom stereocenters. The molecule has 3 rings (SSSR count). The van der Waals surface area contributed by atoms with Crippen LogP contribution in [0.5, 0.6) is 0 Å². The Morgan fingerprint density at radius 3 is 2.46 bits per heavy atom. The van der Waals surface area contributed by atoms with Crippen LogP contribution in [-0.2, 0) is 17.8 Å². The van der Waals surface area contributed by atoms with Gasteiger partial charge in [-0.1, -0.05) is 30.3 Å². The van der Waals surface area contributed by atoms with Gasteiger partial charge < -0.3 is 20.6 Å². The molecular formula is C21H23N3O4. The van der Waals surface area contributed by atoms with Crippen LogP contribution in [0.3, 0.4) is 0 Å². The van der Waals surface area contributed by atoms with Crippen LogP contribution in [0, 0.1) is 0 Å². The number of amides is 3. The first-order valence-electron chi connectivity index (χ1n) is 9.13. The number of nitrogens with zero attached hydrogens (tertiary/aromatic N) is 1. The lowest BCUT2D eigenvalue weighted by Gasteiger charge is -2.34. The van der Waals surface area contributed by atoms with Gasteiger partial charge in [-0.15, -0.1) is 0 Å². The highest BCUT2D eigenvalue weighted by atomic mass is 16.4. The van der Waals surface area contributed by atoms with Crippen molar-refractivity contribution in [2.24, 2.45) is 0 Å². The fraction of sp³-hybridized carbons (Fsp3) is 0.286. The zero-order chi connectivity index (χ0) is 20.3. The van der Waals surface area contributed by atoms with Gasteiger partial charge in [0, 0.05) is 30.3 Å². The van der Waals surface area contributed by atoms with Crippen LogP contribution in [0.4, 0.5) is 10.5 Å². The summed E-state index contributed by atoms with van der Waals surface area (Å²) in [7, 11) is 0. The van der Waals surface area contributed by atoms with Gasteiger partial charge in [-0.3, -0.25) is 4.79 Å². The van der Waals surface area contributed by atoms with Crippen LogP contribution in [0.1, 0.15) is 35.3 Å². The van der Waals surface area contributed by atoms with Crippen molar-refractivity contribution in [2.45, 2.75) is 38.9 Å². The van der Waals surface area contributed by atoms with Gasteiger partial charge in [0.1, 0.15) is 6.04 Å². The molecule has 1 heterocycles. The predicted octanol–water partition coefficient (Wildman–Crippen LogP) is 2.87. The second kappa shape index (κ2) is 8.12. The SMILES string of the molecule is CC(C)NC(=O)Nc1cccc(C(=O)N2Cc3ccccc3CC2C(=O)O)c1. The Morgan fingerprint density at radius 2 is 1.79 bits per heavy atom. The number of nitrogens with one attached hydrogen (secondary N) is 2. The van der Waals surface area contributed by atoms with Crippen LogP contribution in [-0.4, -0.2) is 40.0 Å². The fourth-order valence-corrected chi connectivity index (χ4v) is 3.28. The van der Waals surface area contributed by atoms with E-state index in [1.165, 1.54) is 4.90 Å². The minimum atomic E-state index is -1.03.